The second-order valence-corrected chi connectivity index (χ2v) is 9.66. The fourth-order valence-electron chi connectivity index (χ4n) is 6.29. The molecular weight excluding hydrogens is 384 g/mol. The molecule has 3 aromatic rings. The number of rotatable bonds is 4. The van der Waals surface area contributed by atoms with Gasteiger partial charge in [-0.1, -0.05) is 36.4 Å². The molecule has 0 aromatic heterocycles. The third-order valence-electron chi connectivity index (χ3n) is 7.82. The number of aromatic hydroxyl groups is 3. The van der Waals surface area contributed by atoms with E-state index in [9.17, 15) is 15.3 Å². The molecule has 160 valence electrons. The quantitative estimate of drug-likeness (QED) is 0.464. The van der Waals surface area contributed by atoms with E-state index in [4.69, 9.17) is 0 Å². The van der Waals surface area contributed by atoms with Gasteiger partial charge in [0, 0.05) is 5.92 Å². The molecule has 4 unspecified atom stereocenters. The smallest absolute Gasteiger partial charge is 0.118 e. The lowest BCUT2D eigenvalue weighted by Crippen LogP contribution is -2.23. The number of hydrogen-bond donors (Lipinski definition) is 3. The zero-order chi connectivity index (χ0) is 21.7. The fourth-order valence-corrected chi connectivity index (χ4v) is 6.29. The molecule has 0 aliphatic heterocycles. The monoisotopic (exact) mass is 414 g/mol. The summed E-state index contributed by atoms with van der Waals surface area (Å²) in [6, 6.07) is 19.8. The summed E-state index contributed by atoms with van der Waals surface area (Å²) in [6.07, 6.45) is 3.62. The largest absolute Gasteiger partial charge is 0.508 e. The summed E-state index contributed by atoms with van der Waals surface area (Å²) >= 11 is 0. The van der Waals surface area contributed by atoms with Crippen molar-refractivity contribution in [3.63, 3.8) is 0 Å². The molecule has 3 N–H and O–H groups in total. The van der Waals surface area contributed by atoms with Crippen LogP contribution in [0.15, 0.2) is 60.7 Å². The molecule has 2 aliphatic rings. The maximum absolute atomic E-state index is 10.1. The lowest BCUT2D eigenvalue weighted by Gasteiger charge is -2.35. The topological polar surface area (TPSA) is 60.7 Å². The Hall–Kier alpha value is -2.94. The first-order valence-electron chi connectivity index (χ1n) is 11.3. The van der Waals surface area contributed by atoms with Crippen LogP contribution < -0.4 is 0 Å². The van der Waals surface area contributed by atoms with Crippen molar-refractivity contribution in [2.75, 3.05) is 0 Å². The highest BCUT2D eigenvalue weighted by Gasteiger charge is 2.49. The van der Waals surface area contributed by atoms with Gasteiger partial charge in [-0.15, -0.1) is 0 Å². The zero-order valence-corrected chi connectivity index (χ0v) is 18.1. The van der Waals surface area contributed by atoms with Crippen molar-refractivity contribution in [2.24, 2.45) is 17.8 Å². The summed E-state index contributed by atoms with van der Waals surface area (Å²) in [5, 5.41) is 29.8. The Bertz CT molecular complexity index is 1050. The molecule has 0 spiro atoms. The van der Waals surface area contributed by atoms with E-state index in [0.717, 1.165) is 11.1 Å². The van der Waals surface area contributed by atoms with Crippen molar-refractivity contribution < 1.29 is 15.3 Å². The molecule has 3 aromatic carbocycles. The number of phenolic OH excluding ortho intramolecular Hbond substituents is 3. The van der Waals surface area contributed by atoms with Gasteiger partial charge >= 0.3 is 0 Å². The summed E-state index contributed by atoms with van der Waals surface area (Å²) in [7, 11) is 0. The van der Waals surface area contributed by atoms with Gasteiger partial charge in [0.15, 0.2) is 0 Å². The van der Waals surface area contributed by atoms with Gasteiger partial charge in [0.1, 0.15) is 17.2 Å². The van der Waals surface area contributed by atoms with Crippen LogP contribution in [0.25, 0.3) is 0 Å². The summed E-state index contributed by atoms with van der Waals surface area (Å²) in [6.45, 7) is 3.92. The molecule has 31 heavy (non-hydrogen) atoms. The minimum Gasteiger partial charge on any atom is -0.508 e. The maximum atomic E-state index is 10.1. The first-order valence-corrected chi connectivity index (χ1v) is 11.3. The van der Waals surface area contributed by atoms with Crippen LogP contribution in [0.1, 0.15) is 58.9 Å². The Kier molecular flexibility index (Phi) is 4.92. The van der Waals surface area contributed by atoms with Gasteiger partial charge in [-0.05, 0) is 109 Å². The molecule has 0 saturated heterocycles. The number of phenols is 3. The third kappa shape index (κ3) is 3.56. The molecular formula is C28H30O3. The predicted octanol–water partition coefficient (Wildman–Crippen LogP) is 6.38. The Morgan fingerprint density at radius 3 is 1.74 bits per heavy atom. The van der Waals surface area contributed by atoms with E-state index in [1.54, 1.807) is 12.1 Å². The second kappa shape index (κ2) is 7.64. The van der Waals surface area contributed by atoms with Crippen LogP contribution in [0.4, 0.5) is 0 Å². The molecule has 3 nitrogen and oxygen atoms in total. The molecule has 2 bridgehead atoms. The number of aryl methyl sites for hydroxylation is 2. The van der Waals surface area contributed by atoms with E-state index in [1.807, 2.05) is 26.0 Å². The number of fused-ring (bicyclic) bond motifs is 2. The summed E-state index contributed by atoms with van der Waals surface area (Å²) in [4.78, 5) is 0. The minimum atomic E-state index is 0.259. The highest BCUT2D eigenvalue weighted by atomic mass is 16.3. The van der Waals surface area contributed by atoms with Crippen LogP contribution in [0, 0.1) is 31.6 Å². The number of benzene rings is 3. The molecule has 0 heterocycles. The van der Waals surface area contributed by atoms with Crippen LogP contribution in [-0.2, 0) is 0 Å². The van der Waals surface area contributed by atoms with Gasteiger partial charge in [0.25, 0.3) is 0 Å². The van der Waals surface area contributed by atoms with E-state index >= 15 is 0 Å². The average Bonchev–Trinajstić information content (AvgIpc) is 3.35. The van der Waals surface area contributed by atoms with E-state index in [2.05, 4.69) is 36.4 Å². The summed E-state index contributed by atoms with van der Waals surface area (Å²) in [5.41, 5.74) is 5.66. The van der Waals surface area contributed by atoms with Gasteiger partial charge in [-0.2, -0.15) is 0 Å². The highest BCUT2D eigenvalue weighted by molar-refractivity contribution is 5.45. The first-order chi connectivity index (χ1) is 14.9. The standard InChI is InChI=1S/C28H30O3/c1-16-11-19(5-9-26(16)30)28(20-6-10-27(31)17(2)12-20)25-15-21-13-22(25)14-24(21)18-3-7-23(29)8-4-18/h3-12,21-22,24-25,28-31H,13-15H2,1-2H3. The van der Waals surface area contributed by atoms with Crippen LogP contribution in [0.3, 0.4) is 0 Å². The minimum absolute atomic E-state index is 0.259. The Labute approximate surface area is 184 Å². The van der Waals surface area contributed by atoms with Crippen LogP contribution >= 0.6 is 0 Å². The lowest BCUT2D eigenvalue weighted by atomic mass is 9.69. The SMILES string of the molecule is Cc1cc(C(c2ccc(O)c(C)c2)C2CC3CC2CC3c2ccc(O)cc2)ccc1O. The molecule has 2 aliphatic carbocycles. The maximum Gasteiger partial charge on any atom is 0.118 e. The number of hydrogen-bond acceptors (Lipinski definition) is 3. The second-order valence-electron chi connectivity index (χ2n) is 9.66. The van der Waals surface area contributed by atoms with Crippen molar-refractivity contribution in [1.82, 2.24) is 0 Å². The summed E-state index contributed by atoms with van der Waals surface area (Å²) in [5.74, 6) is 3.70. The van der Waals surface area contributed by atoms with E-state index in [0.29, 0.717) is 40.9 Å². The fraction of sp³-hybridized carbons (Fsp3) is 0.357. The molecule has 0 amide bonds. The van der Waals surface area contributed by atoms with Gasteiger partial charge < -0.3 is 15.3 Å². The van der Waals surface area contributed by atoms with Gasteiger partial charge in [-0.3, -0.25) is 0 Å². The van der Waals surface area contributed by atoms with Crippen molar-refractivity contribution in [1.29, 1.82) is 0 Å². The van der Waals surface area contributed by atoms with Crippen LogP contribution in [0.2, 0.25) is 0 Å². The van der Waals surface area contributed by atoms with Crippen molar-refractivity contribution in [3.8, 4) is 17.2 Å². The van der Waals surface area contributed by atoms with Crippen molar-refractivity contribution >= 4 is 0 Å². The highest BCUT2D eigenvalue weighted by Crippen LogP contribution is 2.60. The Morgan fingerprint density at radius 2 is 1.26 bits per heavy atom. The molecule has 3 heteroatoms. The normalized spacial score (nSPS) is 24.7. The van der Waals surface area contributed by atoms with Crippen LogP contribution in [0.5, 0.6) is 17.2 Å². The summed E-state index contributed by atoms with van der Waals surface area (Å²) < 4.78 is 0. The molecule has 5 rings (SSSR count). The van der Waals surface area contributed by atoms with E-state index in [-0.39, 0.29) is 5.92 Å². The lowest BCUT2D eigenvalue weighted by molar-refractivity contribution is 0.279. The Balaban J connectivity index is 1.49. The van der Waals surface area contributed by atoms with Crippen molar-refractivity contribution in [3.05, 3.63) is 88.5 Å². The van der Waals surface area contributed by atoms with E-state index < -0.39 is 0 Å². The van der Waals surface area contributed by atoms with Crippen LogP contribution in [-0.4, -0.2) is 15.3 Å². The zero-order valence-electron chi connectivity index (χ0n) is 18.1. The van der Waals surface area contributed by atoms with E-state index in [1.165, 1.54) is 36.0 Å². The first kappa shape index (κ1) is 20.0. The molecule has 0 radical (unpaired) electrons. The third-order valence-corrected chi connectivity index (χ3v) is 7.82. The molecule has 2 saturated carbocycles. The van der Waals surface area contributed by atoms with Gasteiger partial charge in [0.05, 0.1) is 0 Å². The van der Waals surface area contributed by atoms with Gasteiger partial charge in [-0.25, -0.2) is 0 Å². The van der Waals surface area contributed by atoms with Gasteiger partial charge in [0.2, 0.25) is 0 Å². The average molecular weight is 415 g/mol. The Morgan fingerprint density at radius 1 is 0.677 bits per heavy atom. The molecule has 4 atom stereocenters. The van der Waals surface area contributed by atoms with Crippen molar-refractivity contribution in [2.45, 2.75) is 44.9 Å². The predicted molar refractivity (Wildman–Crippen MR) is 123 cm³/mol. The molecule has 2 fully saturated rings.